The second-order valence-corrected chi connectivity index (χ2v) is 5.62. The van der Waals surface area contributed by atoms with Crippen LogP contribution in [0.15, 0.2) is 0 Å². The molecule has 0 aromatic heterocycles. The van der Waals surface area contributed by atoms with Crippen LogP contribution in [0.4, 0.5) is 0 Å². The highest BCUT2D eigenvalue weighted by atomic mass is 16.5. The maximum atomic E-state index is 11.6. The van der Waals surface area contributed by atoms with Gasteiger partial charge in [-0.25, -0.2) is 0 Å². The minimum absolute atomic E-state index is 0.111. The number of ether oxygens (including phenoxy) is 1. The third-order valence-corrected chi connectivity index (χ3v) is 3.92. The zero-order chi connectivity index (χ0) is 12.7. The lowest BCUT2D eigenvalue weighted by Gasteiger charge is -2.26. The Labute approximate surface area is 105 Å². The van der Waals surface area contributed by atoms with E-state index in [0.29, 0.717) is 5.41 Å². The number of hydrogen-bond acceptors (Lipinski definition) is 3. The van der Waals surface area contributed by atoms with E-state index < -0.39 is 0 Å². The maximum absolute atomic E-state index is 11.6. The van der Waals surface area contributed by atoms with Gasteiger partial charge in [0.25, 0.3) is 0 Å². The summed E-state index contributed by atoms with van der Waals surface area (Å²) in [5.41, 5.74) is 0.387. The lowest BCUT2D eigenvalue weighted by atomic mass is 9.88. The molecule has 1 atom stereocenters. The lowest BCUT2D eigenvalue weighted by Crippen LogP contribution is -2.42. The van der Waals surface area contributed by atoms with Gasteiger partial charge in [0.1, 0.15) is 6.04 Å². The van der Waals surface area contributed by atoms with Crippen LogP contribution in [-0.4, -0.2) is 25.7 Å². The third-order valence-electron chi connectivity index (χ3n) is 3.92. The highest BCUT2D eigenvalue weighted by molar-refractivity contribution is 5.75. The fourth-order valence-corrected chi connectivity index (χ4v) is 2.63. The number of nitrogens with one attached hydrogen (secondary N) is 1. The van der Waals surface area contributed by atoms with Gasteiger partial charge < -0.3 is 10.1 Å². The molecule has 0 amide bonds. The van der Waals surface area contributed by atoms with Crippen LogP contribution in [-0.2, 0) is 9.53 Å². The fourth-order valence-electron chi connectivity index (χ4n) is 2.63. The Morgan fingerprint density at radius 2 is 2.06 bits per heavy atom. The monoisotopic (exact) mass is 241 g/mol. The molecular formula is C14H27NO2. The number of rotatable bonds is 7. The van der Waals surface area contributed by atoms with Crippen LogP contribution in [0.3, 0.4) is 0 Å². The van der Waals surface area contributed by atoms with E-state index >= 15 is 0 Å². The highest BCUT2D eigenvalue weighted by Gasteiger charge is 2.30. The topological polar surface area (TPSA) is 38.3 Å². The molecular weight excluding hydrogens is 214 g/mol. The summed E-state index contributed by atoms with van der Waals surface area (Å²) < 4.78 is 4.86. The molecule has 0 aromatic rings. The van der Waals surface area contributed by atoms with Crippen molar-refractivity contribution in [1.82, 2.24) is 5.32 Å². The first-order valence-corrected chi connectivity index (χ1v) is 6.92. The summed E-state index contributed by atoms with van der Waals surface area (Å²) in [6.07, 6.45) is 8.30. The van der Waals surface area contributed by atoms with Gasteiger partial charge in [0.15, 0.2) is 0 Å². The van der Waals surface area contributed by atoms with Gasteiger partial charge in [-0.15, -0.1) is 0 Å². The van der Waals surface area contributed by atoms with E-state index in [1.54, 1.807) is 0 Å². The minimum atomic E-state index is -0.114. The molecule has 17 heavy (non-hydrogen) atoms. The number of esters is 1. The molecule has 1 saturated carbocycles. The molecule has 1 aliphatic carbocycles. The predicted molar refractivity (Wildman–Crippen MR) is 69.9 cm³/mol. The molecule has 0 bridgehead atoms. The Morgan fingerprint density at radius 1 is 1.41 bits per heavy atom. The van der Waals surface area contributed by atoms with Crippen molar-refractivity contribution in [3.8, 4) is 0 Å². The Bertz CT molecular complexity index is 234. The average Bonchev–Trinajstić information content (AvgIpc) is 2.76. The third kappa shape index (κ3) is 4.66. The fraction of sp³-hybridized carbons (Fsp3) is 0.929. The Hall–Kier alpha value is -0.570. The summed E-state index contributed by atoms with van der Waals surface area (Å²) in [4.78, 5) is 11.6. The highest BCUT2D eigenvalue weighted by Crippen LogP contribution is 2.36. The second kappa shape index (κ2) is 7.00. The van der Waals surface area contributed by atoms with Gasteiger partial charge in [0.2, 0.25) is 0 Å². The van der Waals surface area contributed by atoms with Crippen molar-refractivity contribution in [2.75, 3.05) is 13.7 Å². The Kier molecular flexibility index (Phi) is 5.96. The van der Waals surface area contributed by atoms with E-state index in [-0.39, 0.29) is 12.0 Å². The summed E-state index contributed by atoms with van der Waals surface area (Å²) >= 11 is 0. The Morgan fingerprint density at radius 3 is 2.59 bits per heavy atom. The molecule has 0 radical (unpaired) electrons. The van der Waals surface area contributed by atoms with Gasteiger partial charge in [0.05, 0.1) is 7.11 Å². The summed E-state index contributed by atoms with van der Waals surface area (Å²) in [6.45, 7) is 5.41. The zero-order valence-corrected chi connectivity index (χ0v) is 11.6. The molecule has 0 aliphatic heterocycles. The van der Waals surface area contributed by atoms with Crippen molar-refractivity contribution in [3.63, 3.8) is 0 Å². The summed E-state index contributed by atoms with van der Waals surface area (Å²) in [5.74, 6) is -0.111. The van der Waals surface area contributed by atoms with Crippen LogP contribution in [0.25, 0.3) is 0 Å². The largest absolute Gasteiger partial charge is 0.468 e. The summed E-state index contributed by atoms with van der Waals surface area (Å²) in [5, 5.41) is 3.41. The van der Waals surface area contributed by atoms with Crippen LogP contribution in [0.2, 0.25) is 0 Å². The van der Waals surface area contributed by atoms with Crippen molar-refractivity contribution in [3.05, 3.63) is 0 Å². The van der Waals surface area contributed by atoms with Gasteiger partial charge in [-0.2, -0.15) is 0 Å². The molecule has 0 aromatic carbocycles. The smallest absolute Gasteiger partial charge is 0.322 e. The van der Waals surface area contributed by atoms with Crippen LogP contribution < -0.4 is 5.32 Å². The Balaban J connectivity index is 2.39. The molecule has 0 spiro atoms. The van der Waals surface area contributed by atoms with E-state index in [9.17, 15) is 4.79 Å². The normalized spacial score (nSPS) is 20.2. The van der Waals surface area contributed by atoms with Crippen LogP contribution in [0, 0.1) is 5.41 Å². The first-order chi connectivity index (χ1) is 8.11. The number of hydrogen-bond donors (Lipinski definition) is 1. The van der Waals surface area contributed by atoms with E-state index in [2.05, 4.69) is 19.2 Å². The molecule has 1 unspecified atom stereocenters. The van der Waals surface area contributed by atoms with Gasteiger partial charge in [-0.1, -0.05) is 39.5 Å². The van der Waals surface area contributed by atoms with Crippen LogP contribution >= 0.6 is 0 Å². The number of methoxy groups -OCH3 is 1. The van der Waals surface area contributed by atoms with Crippen LogP contribution in [0.5, 0.6) is 0 Å². The van der Waals surface area contributed by atoms with Gasteiger partial charge in [-0.05, 0) is 24.7 Å². The first kappa shape index (κ1) is 14.5. The molecule has 1 N–H and O–H groups in total. The minimum Gasteiger partial charge on any atom is -0.468 e. The predicted octanol–water partition coefficient (Wildman–Crippen LogP) is 2.89. The second-order valence-electron chi connectivity index (χ2n) is 5.62. The van der Waals surface area contributed by atoms with Crippen molar-refractivity contribution in [2.24, 2.45) is 5.41 Å². The standard InChI is InChI=1S/C14H27NO2/c1-4-5-8-12(13(16)17-3)15-11-14(2)9-6-7-10-14/h12,15H,4-11H2,1-3H3. The molecule has 3 nitrogen and oxygen atoms in total. The maximum Gasteiger partial charge on any atom is 0.322 e. The lowest BCUT2D eigenvalue weighted by molar-refractivity contribution is -0.143. The number of unbranched alkanes of at least 4 members (excludes halogenated alkanes) is 1. The van der Waals surface area contributed by atoms with Crippen molar-refractivity contribution >= 4 is 5.97 Å². The van der Waals surface area contributed by atoms with E-state index in [1.165, 1.54) is 32.8 Å². The van der Waals surface area contributed by atoms with Crippen molar-refractivity contribution in [2.45, 2.75) is 64.8 Å². The SMILES string of the molecule is CCCCC(NCC1(C)CCCC1)C(=O)OC. The molecule has 1 rings (SSSR count). The van der Waals surface area contributed by atoms with E-state index in [0.717, 1.165) is 25.8 Å². The molecule has 0 saturated heterocycles. The van der Waals surface area contributed by atoms with Gasteiger partial charge in [-0.3, -0.25) is 4.79 Å². The van der Waals surface area contributed by atoms with Crippen molar-refractivity contribution < 1.29 is 9.53 Å². The summed E-state index contributed by atoms with van der Waals surface area (Å²) in [7, 11) is 1.47. The molecule has 0 heterocycles. The quantitative estimate of drug-likeness (QED) is 0.697. The number of carbonyl (C=O) groups excluding carboxylic acids is 1. The summed E-state index contributed by atoms with van der Waals surface area (Å²) in [6, 6.07) is -0.114. The number of carbonyl (C=O) groups is 1. The average molecular weight is 241 g/mol. The molecule has 100 valence electrons. The first-order valence-electron chi connectivity index (χ1n) is 6.92. The molecule has 1 aliphatic rings. The zero-order valence-electron chi connectivity index (χ0n) is 11.6. The molecule has 1 fully saturated rings. The van der Waals surface area contributed by atoms with Crippen molar-refractivity contribution in [1.29, 1.82) is 0 Å². The van der Waals surface area contributed by atoms with Gasteiger partial charge in [0, 0.05) is 6.54 Å². The van der Waals surface area contributed by atoms with E-state index in [1.807, 2.05) is 0 Å². The van der Waals surface area contributed by atoms with Gasteiger partial charge >= 0.3 is 5.97 Å². The molecule has 3 heteroatoms. The van der Waals surface area contributed by atoms with Crippen LogP contribution in [0.1, 0.15) is 58.8 Å². The van der Waals surface area contributed by atoms with E-state index in [4.69, 9.17) is 4.74 Å².